The van der Waals surface area contributed by atoms with Gasteiger partial charge in [0.2, 0.25) is 0 Å². The molecule has 1 saturated heterocycles. The number of aliphatic hydroxyl groups is 1. The lowest BCUT2D eigenvalue weighted by molar-refractivity contribution is 0.0449. The Morgan fingerprint density at radius 2 is 2.30 bits per heavy atom. The normalized spacial score (nSPS) is 24.7. The van der Waals surface area contributed by atoms with E-state index in [4.69, 9.17) is 0 Å². The van der Waals surface area contributed by atoms with Crippen LogP contribution in [-0.4, -0.2) is 35.3 Å². The van der Waals surface area contributed by atoms with Gasteiger partial charge in [-0.2, -0.15) is 0 Å². The minimum absolute atomic E-state index is 0.286. The Kier molecular flexibility index (Phi) is 5.00. The number of anilines is 1. The second kappa shape index (κ2) is 6.55. The van der Waals surface area contributed by atoms with Crippen molar-refractivity contribution in [3.8, 4) is 0 Å². The van der Waals surface area contributed by atoms with Crippen molar-refractivity contribution in [1.82, 2.24) is 10.3 Å². The van der Waals surface area contributed by atoms with E-state index >= 15 is 0 Å². The van der Waals surface area contributed by atoms with Crippen molar-refractivity contribution in [1.29, 1.82) is 0 Å². The van der Waals surface area contributed by atoms with Crippen LogP contribution in [0, 0.1) is 0 Å². The Balaban J connectivity index is 2.00. The quantitative estimate of drug-likeness (QED) is 0.868. The number of hydrogen-bond acceptors (Lipinski definition) is 4. The molecule has 112 valence electrons. The molecule has 1 aliphatic heterocycles. The highest BCUT2D eigenvalue weighted by Gasteiger charge is 2.28. The fourth-order valence-corrected chi connectivity index (χ4v) is 2.75. The predicted octanol–water partition coefficient (Wildman–Crippen LogP) is 2.49. The summed E-state index contributed by atoms with van der Waals surface area (Å²) in [6, 6.07) is 4.49. The summed E-state index contributed by atoms with van der Waals surface area (Å²) in [6.45, 7) is 8.93. The molecule has 1 aromatic rings. The zero-order chi connectivity index (χ0) is 14.6. The summed E-state index contributed by atoms with van der Waals surface area (Å²) in [6.07, 6.45) is 4.97. The number of pyridine rings is 1. The zero-order valence-electron chi connectivity index (χ0n) is 12.9. The summed E-state index contributed by atoms with van der Waals surface area (Å²) in [7, 11) is 0. The SMILES string of the molecule is CCCNC(C)c1ccc(N2CCCC(C)(O)C2)cn1. The standard InChI is InChI=1S/C16H27N3O/c1-4-9-17-13(2)15-7-6-14(11-18-15)19-10-5-8-16(3,20)12-19/h6-7,11,13,17,20H,4-5,8-10,12H2,1-3H3. The van der Waals surface area contributed by atoms with Crippen molar-refractivity contribution in [2.75, 3.05) is 24.5 Å². The fourth-order valence-electron chi connectivity index (χ4n) is 2.75. The Morgan fingerprint density at radius 3 is 2.90 bits per heavy atom. The number of β-amino-alcohol motifs (C(OH)–C–C–N with tert-alkyl or cyclic N) is 1. The van der Waals surface area contributed by atoms with Gasteiger partial charge in [-0.25, -0.2) is 0 Å². The molecule has 20 heavy (non-hydrogen) atoms. The minimum atomic E-state index is -0.576. The summed E-state index contributed by atoms with van der Waals surface area (Å²) in [4.78, 5) is 6.80. The second-order valence-corrected chi connectivity index (χ2v) is 6.14. The van der Waals surface area contributed by atoms with Gasteiger partial charge in [-0.1, -0.05) is 6.92 Å². The molecule has 1 aromatic heterocycles. The van der Waals surface area contributed by atoms with E-state index < -0.39 is 5.60 Å². The van der Waals surface area contributed by atoms with Crippen molar-refractivity contribution in [3.63, 3.8) is 0 Å². The van der Waals surface area contributed by atoms with E-state index in [1.807, 2.05) is 13.1 Å². The average molecular weight is 277 g/mol. The molecule has 2 atom stereocenters. The molecule has 0 radical (unpaired) electrons. The Labute approximate surface area is 122 Å². The first-order valence-electron chi connectivity index (χ1n) is 7.68. The summed E-state index contributed by atoms with van der Waals surface area (Å²) < 4.78 is 0. The van der Waals surface area contributed by atoms with Crippen LogP contribution in [0.25, 0.3) is 0 Å². The molecular weight excluding hydrogens is 250 g/mol. The van der Waals surface area contributed by atoms with Gasteiger partial charge in [0.15, 0.2) is 0 Å². The van der Waals surface area contributed by atoms with Crippen LogP contribution in [0.2, 0.25) is 0 Å². The van der Waals surface area contributed by atoms with Gasteiger partial charge in [-0.15, -0.1) is 0 Å². The number of nitrogens with one attached hydrogen (secondary N) is 1. The van der Waals surface area contributed by atoms with Crippen molar-refractivity contribution in [3.05, 3.63) is 24.0 Å². The molecule has 2 unspecified atom stereocenters. The molecule has 0 aliphatic carbocycles. The average Bonchev–Trinajstić information content (AvgIpc) is 2.44. The van der Waals surface area contributed by atoms with Gasteiger partial charge in [0.1, 0.15) is 0 Å². The third-order valence-electron chi connectivity index (χ3n) is 3.95. The Bertz CT molecular complexity index is 416. The molecule has 0 bridgehead atoms. The highest BCUT2D eigenvalue weighted by molar-refractivity contribution is 5.45. The van der Waals surface area contributed by atoms with Gasteiger partial charge in [-0.05, 0) is 51.8 Å². The first-order valence-corrected chi connectivity index (χ1v) is 7.68. The largest absolute Gasteiger partial charge is 0.388 e. The van der Waals surface area contributed by atoms with E-state index in [9.17, 15) is 5.11 Å². The summed E-state index contributed by atoms with van der Waals surface area (Å²) in [5, 5.41) is 13.6. The van der Waals surface area contributed by atoms with Gasteiger partial charge in [-0.3, -0.25) is 4.98 Å². The highest BCUT2D eigenvalue weighted by atomic mass is 16.3. The van der Waals surface area contributed by atoms with E-state index in [0.717, 1.165) is 43.7 Å². The van der Waals surface area contributed by atoms with Crippen molar-refractivity contribution in [2.24, 2.45) is 0 Å². The van der Waals surface area contributed by atoms with Crippen molar-refractivity contribution >= 4 is 5.69 Å². The summed E-state index contributed by atoms with van der Waals surface area (Å²) in [5.74, 6) is 0. The Morgan fingerprint density at radius 1 is 1.50 bits per heavy atom. The highest BCUT2D eigenvalue weighted by Crippen LogP contribution is 2.25. The second-order valence-electron chi connectivity index (χ2n) is 6.14. The predicted molar refractivity (Wildman–Crippen MR) is 83.0 cm³/mol. The molecular formula is C16H27N3O. The van der Waals surface area contributed by atoms with Gasteiger partial charge >= 0.3 is 0 Å². The van der Waals surface area contributed by atoms with Crippen molar-refractivity contribution < 1.29 is 5.11 Å². The van der Waals surface area contributed by atoms with Crippen LogP contribution >= 0.6 is 0 Å². The Hall–Kier alpha value is -1.13. The van der Waals surface area contributed by atoms with Gasteiger partial charge in [0.05, 0.1) is 23.2 Å². The van der Waals surface area contributed by atoms with Gasteiger partial charge in [0, 0.05) is 19.1 Å². The van der Waals surface area contributed by atoms with Crippen LogP contribution in [0.3, 0.4) is 0 Å². The summed E-state index contributed by atoms with van der Waals surface area (Å²) >= 11 is 0. The minimum Gasteiger partial charge on any atom is -0.388 e. The van der Waals surface area contributed by atoms with Gasteiger partial charge < -0.3 is 15.3 Å². The van der Waals surface area contributed by atoms with E-state index in [2.05, 4.69) is 41.2 Å². The van der Waals surface area contributed by atoms with Crippen LogP contribution in [0.4, 0.5) is 5.69 Å². The lowest BCUT2D eigenvalue weighted by Gasteiger charge is -2.38. The number of piperidine rings is 1. The van der Waals surface area contributed by atoms with E-state index in [-0.39, 0.29) is 6.04 Å². The van der Waals surface area contributed by atoms with E-state index in [0.29, 0.717) is 6.54 Å². The molecule has 1 fully saturated rings. The molecule has 0 amide bonds. The first kappa shape index (κ1) is 15.3. The number of hydrogen-bond donors (Lipinski definition) is 2. The van der Waals surface area contributed by atoms with Crippen LogP contribution in [0.1, 0.15) is 51.8 Å². The van der Waals surface area contributed by atoms with Crippen LogP contribution in [-0.2, 0) is 0 Å². The smallest absolute Gasteiger partial charge is 0.0794 e. The lowest BCUT2D eigenvalue weighted by atomic mass is 9.95. The van der Waals surface area contributed by atoms with Crippen LogP contribution in [0.5, 0.6) is 0 Å². The number of nitrogens with zero attached hydrogens (tertiary/aromatic N) is 2. The topological polar surface area (TPSA) is 48.4 Å². The van der Waals surface area contributed by atoms with Crippen LogP contribution < -0.4 is 10.2 Å². The van der Waals surface area contributed by atoms with E-state index in [1.165, 1.54) is 0 Å². The molecule has 0 saturated carbocycles. The molecule has 2 rings (SSSR count). The van der Waals surface area contributed by atoms with Crippen molar-refractivity contribution in [2.45, 2.75) is 51.7 Å². The first-order chi connectivity index (χ1) is 9.52. The maximum Gasteiger partial charge on any atom is 0.0794 e. The molecule has 1 aliphatic rings. The number of rotatable bonds is 5. The third kappa shape index (κ3) is 3.93. The molecule has 0 spiro atoms. The molecule has 4 nitrogen and oxygen atoms in total. The maximum atomic E-state index is 10.2. The molecule has 4 heteroatoms. The van der Waals surface area contributed by atoms with E-state index in [1.54, 1.807) is 0 Å². The fraction of sp³-hybridized carbons (Fsp3) is 0.688. The summed E-state index contributed by atoms with van der Waals surface area (Å²) in [5.41, 5.74) is 1.61. The molecule has 0 aromatic carbocycles. The third-order valence-corrected chi connectivity index (χ3v) is 3.95. The number of aromatic nitrogens is 1. The molecule has 2 N–H and O–H groups in total. The lowest BCUT2D eigenvalue weighted by Crippen LogP contribution is -2.46. The molecule has 2 heterocycles. The maximum absolute atomic E-state index is 10.2. The van der Waals surface area contributed by atoms with Crippen LogP contribution in [0.15, 0.2) is 18.3 Å². The monoisotopic (exact) mass is 277 g/mol. The van der Waals surface area contributed by atoms with Gasteiger partial charge in [0.25, 0.3) is 0 Å². The zero-order valence-corrected chi connectivity index (χ0v) is 12.9.